The van der Waals surface area contributed by atoms with Gasteiger partial charge in [-0.1, -0.05) is 0 Å². The number of nitrogens with one attached hydrogen (secondary N) is 2. The monoisotopic (exact) mass is 474 g/mol. The fourth-order valence-electron chi connectivity index (χ4n) is 2.91. The molecule has 0 bridgehead atoms. The van der Waals surface area contributed by atoms with E-state index in [9.17, 15) is 26.7 Å². The quantitative estimate of drug-likeness (QED) is 0.324. The second-order valence-corrected chi connectivity index (χ2v) is 9.39. The minimum Gasteiger partial charge on any atom is -0.384 e. The molecular formula is C20H21F3N2O4S2. The first kappa shape index (κ1) is 23.5. The largest absolute Gasteiger partial charge is 0.416 e. The lowest BCUT2D eigenvalue weighted by Gasteiger charge is -2.11. The lowest BCUT2D eigenvalue weighted by Crippen LogP contribution is -2.28. The number of rotatable bonds is 9. The lowest BCUT2D eigenvalue weighted by atomic mass is 10.1. The molecule has 0 fully saturated rings. The van der Waals surface area contributed by atoms with Crippen LogP contribution in [0, 0.1) is 0 Å². The summed E-state index contributed by atoms with van der Waals surface area (Å²) in [7, 11) is -2.40. The van der Waals surface area contributed by atoms with Crippen LogP contribution < -0.4 is 10.0 Å². The van der Waals surface area contributed by atoms with E-state index >= 15 is 0 Å². The molecule has 0 spiro atoms. The van der Waals surface area contributed by atoms with Crippen molar-refractivity contribution in [2.45, 2.75) is 23.8 Å². The smallest absolute Gasteiger partial charge is 0.384 e. The molecule has 11 heteroatoms. The Labute approximate surface area is 181 Å². The third kappa shape index (κ3) is 5.95. The Hall–Kier alpha value is -2.18. The molecule has 1 aromatic heterocycles. The molecule has 0 amide bonds. The van der Waals surface area contributed by atoms with E-state index in [2.05, 4.69) is 10.0 Å². The van der Waals surface area contributed by atoms with Gasteiger partial charge in [-0.2, -0.15) is 13.2 Å². The molecule has 0 aliphatic carbocycles. The van der Waals surface area contributed by atoms with E-state index in [1.807, 2.05) is 5.38 Å². The zero-order valence-corrected chi connectivity index (χ0v) is 18.1. The Kier molecular flexibility index (Phi) is 7.22. The number of methoxy groups -OCH3 is 1. The van der Waals surface area contributed by atoms with Gasteiger partial charge in [0.25, 0.3) is 0 Å². The average Bonchev–Trinajstić information content (AvgIpc) is 3.13. The third-order valence-electron chi connectivity index (χ3n) is 4.56. The molecule has 3 N–H and O–H groups in total. The normalized spacial score (nSPS) is 13.5. The van der Waals surface area contributed by atoms with E-state index in [1.54, 1.807) is 12.1 Å². The molecule has 1 heterocycles. The average molecular weight is 475 g/mol. The Balaban J connectivity index is 1.61. The van der Waals surface area contributed by atoms with Crippen molar-refractivity contribution in [2.75, 3.05) is 25.5 Å². The first-order valence-electron chi connectivity index (χ1n) is 9.22. The van der Waals surface area contributed by atoms with E-state index in [0.29, 0.717) is 5.69 Å². The maximum atomic E-state index is 12.6. The molecule has 0 aliphatic rings. The van der Waals surface area contributed by atoms with Gasteiger partial charge in [0.2, 0.25) is 10.0 Å². The molecule has 168 valence electrons. The van der Waals surface area contributed by atoms with E-state index < -0.39 is 28.1 Å². The second kappa shape index (κ2) is 9.53. The van der Waals surface area contributed by atoms with Gasteiger partial charge in [0.05, 0.1) is 10.5 Å². The number of alkyl halides is 3. The first-order valence-corrected chi connectivity index (χ1v) is 11.6. The Morgan fingerprint density at radius 1 is 1.13 bits per heavy atom. The van der Waals surface area contributed by atoms with Gasteiger partial charge in [-0.05, 0) is 58.8 Å². The standard InChI is InChI=1S/C20H21F3N2O4S2/c1-29-19(26)10-13-12-30-18-7-6-16(11-17(13)18)31(27,28)25-9-8-24-15-4-2-14(3-5-15)20(21,22)23/h2-7,11-12,19,24-26H,8-10H2,1H3. The van der Waals surface area contributed by atoms with Gasteiger partial charge in [0.1, 0.15) is 0 Å². The molecule has 1 unspecified atom stereocenters. The topological polar surface area (TPSA) is 87.7 Å². The van der Waals surface area contributed by atoms with Gasteiger partial charge in [-0.3, -0.25) is 0 Å². The minimum atomic E-state index is -4.40. The number of aliphatic hydroxyl groups is 1. The Morgan fingerprint density at radius 2 is 1.84 bits per heavy atom. The van der Waals surface area contributed by atoms with Crippen molar-refractivity contribution in [3.63, 3.8) is 0 Å². The van der Waals surface area contributed by atoms with Crippen LogP contribution in [0.3, 0.4) is 0 Å². The lowest BCUT2D eigenvalue weighted by molar-refractivity contribution is -0.137. The van der Waals surface area contributed by atoms with Crippen LogP contribution in [0.1, 0.15) is 11.1 Å². The van der Waals surface area contributed by atoms with Crippen LogP contribution >= 0.6 is 11.3 Å². The van der Waals surface area contributed by atoms with Gasteiger partial charge < -0.3 is 15.2 Å². The maximum Gasteiger partial charge on any atom is 0.416 e. The number of thiophene rings is 1. The highest BCUT2D eigenvalue weighted by molar-refractivity contribution is 7.89. The summed E-state index contributed by atoms with van der Waals surface area (Å²) in [4.78, 5) is 0.0843. The summed E-state index contributed by atoms with van der Waals surface area (Å²) in [5.74, 6) is 0. The number of anilines is 1. The Morgan fingerprint density at radius 3 is 2.48 bits per heavy atom. The summed E-state index contributed by atoms with van der Waals surface area (Å²) in [6.07, 6.45) is -5.14. The van der Waals surface area contributed by atoms with Crippen LogP contribution in [0.25, 0.3) is 10.1 Å². The van der Waals surface area contributed by atoms with Crippen molar-refractivity contribution in [2.24, 2.45) is 0 Å². The van der Waals surface area contributed by atoms with Crippen LogP contribution in [0.2, 0.25) is 0 Å². The molecule has 0 saturated heterocycles. The maximum absolute atomic E-state index is 12.6. The van der Waals surface area contributed by atoms with Gasteiger partial charge in [0.15, 0.2) is 6.29 Å². The molecule has 0 radical (unpaired) electrons. The summed E-state index contributed by atoms with van der Waals surface area (Å²) in [6, 6.07) is 9.25. The Bertz CT molecular complexity index is 1130. The van der Waals surface area contributed by atoms with E-state index in [0.717, 1.165) is 27.8 Å². The number of sulfonamides is 1. The zero-order valence-electron chi connectivity index (χ0n) is 16.4. The molecule has 3 aromatic rings. The molecule has 3 rings (SSSR count). The highest BCUT2D eigenvalue weighted by Crippen LogP contribution is 2.30. The van der Waals surface area contributed by atoms with E-state index in [-0.39, 0.29) is 24.4 Å². The number of ether oxygens (including phenoxy) is 1. The molecule has 0 saturated carbocycles. The predicted octanol–water partition coefficient (Wildman–Crippen LogP) is 3.82. The minimum absolute atomic E-state index is 0.0419. The van der Waals surface area contributed by atoms with Gasteiger partial charge in [-0.15, -0.1) is 11.3 Å². The molecule has 6 nitrogen and oxygen atoms in total. The molecule has 2 aromatic carbocycles. The summed E-state index contributed by atoms with van der Waals surface area (Å²) in [6.45, 7) is 0.233. The number of fused-ring (bicyclic) bond motifs is 1. The van der Waals surface area contributed by atoms with Crippen LogP contribution in [-0.2, 0) is 27.4 Å². The van der Waals surface area contributed by atoms with Crippen molar-refractivity contribution in [3.05, 3.63) is 59.0 Å². The molecule has 1 atom stereocenters. The fraction of sp³-hybridized carbons (Fsp3) is 0.300. The van der Waals surface area contributed by atoms with E-state index in [4.69, 9.17) is 4.74 Å². The second-order valence-electron chi connectivity index (χ2n) is 6.71. The number of aliphatic hydroxyl groups excluding tert-OH is 1. The van der Waals surface area contributed by atoms with Crippen molar-refractivity contribution >= 4 is 37.1 Å². The van der Waals surface area contributed by atoms with Crippen molar-refractivity contribution in [3.8, 4) is 0 Å². The fourth-order valence-corrected chi connectivity index (χ4v) is 4.92. The van der Waals surface area contributed by atoms with Crippen molar-refractivity contribution in [1.82, 2.24) is 4.72 Å². The third-order valence-corrected chi connectivity index (χ3v) is 7.03. The summed E-state index contributed by atoms with van der Waals surface area (Å²) in [5, 5.41) is 15.2. The summed E-state index contributed by atoms with van der Waals surface area (Å²) in [5.41, 5.74) is 0.489. The van der Waals surface area contributed by atoms with Crippen molar-refractivity contribution in [1.29, 1.82) is 0 Å². The highest BCUT2D eigenvalue weighted by atomic mass is 32.2. The number of halogens is 3. The number of benzene rings is 2. The molecular weight excluding hydrogens is 453 g/mol. The zero-order chi connectivity index (χ0) is 22.6. The van der Waals surface area contributed by atoms with Crippen LogP contribution in [-0.4, -0.2) is 40.0 Å². The first-order chi connectivity index (χ1) is 14.6. The van der Waals surface area contributed by atoms with E-state index in [1.165, 1.54) is 36.6 Å². The number of hydrogen-bond acceptors (Lipinski definition) is 6. The highest BCUT2D eigenvalue weighted by Gasteiger charge is 2.29. The van der Waals surface area contributed by atoms with Gasteiger partial charge in [0, 0.05) is 37.0 Å². The van der Waals surface area contributed by atoms with Crippen LogP contribution in [0.15, 0.2) is 52.7 Å². The predicted molar refractivity (Wildman–Crippen MR) is 114 cm³/mol. The molecule has 31 heavy (non-hydrogen) atoms. The van der Waals surface area contributed by atoms with Crippen molar-refractivity contribution < 1.29 is 31.4 Å². The number of hydrogen-bond donors (Lipinski definition) is 3. The SMILES string of the molecule is COC(O)Cc1csc2ccc(S(=O)(=O)NCCNc3ccc(C(F)(F)F)cc3)cc12. The van der Waals surface area contributed by atoms with Gasteiger partial charge >= 0.3 is 6.18 Å². The summed E-state index contributed by atoms with van der Waals surface area (Å²) < 4.78 is 71.2. The molecule has 0 aliphatic heterocycles. The van der Waals surface area contributed by atoms with Gasteiger partial charge in [-0.25, -0.2) is 13.1 Å². The summed E-state index contributed by atoms with van der Waals surface area (Å²) >= 11 is 1.44. The van der Waals surface area contributed by atoms with Crippen LogP contribution in [0.4, 0.5) is 18.9 Å². The van der Waals surface area contributed by atoms with Crippen LogP contribution in [0.5, 0.6) is 0 Å².